The molecular weight excluding hydrogens is 406 g/mol. The molecular formula is C21H15N3O3S2. The fourth-order valence-corrected chi connectivity index (χ4v) is 5.39. The lowest BCUT2D eigenvalue weighted by atomic mass is 10.0. The molecule has 0 amide bonds. The maximum absolute atomic E-state index is 12.9. The Bertz CT molecular complexity index is 1340. The second kappa shape index (κ2) is 7.62. The van der Waals surface area contributed by atoms with E-state index in [0.29, 0.717) is 32.9 Å². The normalized spacial score (nSPS) is 11.3. The molecule has 2 heterocycles. The Morgan fingerprint density at radius 2 is 1.97 bits per heavy atom. The van der Waals surface area contributed by atoms with Crippen LogP contribution in [0.25, 0.3) is 26.9 Å². The summed E-state index contributed by atoms with van der Waals surface area (Å²) >= 11 is 1.30. The minimum atomic E-state index is -3.59. The van der Waals surface area contributed by atoms with Crippen LogP contribution in [0.1, 0.15) is 5.01 Å². The summed E-state index contributed by atoms with van der Waals surface area (Å²) in [4.78, 5) is 12.2. The summed E-state index contributed by atoms with van der Waals surface area (Å²) in [5.41, 5.74) is 1.70. The van der Waals surface area contributed by atoms with Gasteiger partial charge in [-0.25, -0.2) is 18.2 Å². The van der Waals surface area contributed by atoms with Crippen LogP contribution in [0.4, 0.5) is 5.69 Å². The third-order valence-electron chi connectivity index (χ3n) is 4.48. The molecule has 0 bridgehead atoms. The third-order valence-corrected chi connectivity index (χ3v) is 7.06. The van der Waals surface area contributed by atoms with Gasteiger partial charge in [-0.1, -0.05) is 18.2 Å². The van der Waals surface area contributed by atoms with Crippen molar-refractivity contribution in [3.8, 4) is 17.0 Å². The van der Waals surface area contributed by atoms with Crippen molar-refractivity contribution in [1.82, 2.24) is 9.97 Å². The van der Waals surface area contributed by atoms with Crippen LogP contribution in [-0.2, 0) is 15.6 Å². The molecule has 2 aromatic heterocycles. The van der Waals surface area contributed by atoms with E-state index in [9.17, 15) is 8.42 Å². The summed E-state index contributed by atoms with van der Waals surface area (Å²) in [6.45, 7) is 7.47. The highest BCUT2D eigenvalue weighted by Crippen LogP contribution is 2.38. The molecule has 0 aliphatic heterocycles. The third kappa shape index (κ3) is 3.58. The van der Waals surface area contributed by atoms with Crippen LogP contribution in [-0.4, -0.2) is 25.5 Å². The van der Waals surface area contributed by atoms with E-state index >= 15 is 0 Å². The quantitative estimate of drug-likeness (QED) is 0.429. The number of sulfone groups is 1. The highest BCUT2D eigenvalue weighted by atomic mass is 32.2. The lowest BCUT2D eigenvalue weighted by Crippen LogP contribution is -2.05. The number of nitrogens with zero attached hydrogens (tertiary/aromatic N) is 3. The second-order valence-electron chi connectivity index (χ2n) is 6.20. The van der Waals surface area contributed by atoms with E-state index < -0.39 is 9.84 Å². The van der Waals surface area contributed by atoms with Crippen molar-refractivity contribution in [3.05, 3.63) is 76.7 Å². The van der Waals surface area contributed by atoms with Crippen molar-refractivity contribution >= 4 is 37.6 Å². The van der Waals surface area contributed by atoms with Gasteiger partial charge in [0.15, 0.2) is 9.84 Å². The van der Waals surface area contributed by atoms with Crippen molar-refractivity contribution in [1.29, 1.82) is 0 Å². The fraction of sp³-hybridized carbons (Fsp3) is 0.0952. The molecule has 144 valence electrons. The van der Waals surface area contributed by atoms with Crippen LogP contribution in [0, 0.1) is 6.57 Å². The Morgan fingerprint density at radius 1 is 1.14 bits per heavy atom. The Kier molecular flexibility index (Phi) is 5.01. The minimum Gasteiger partial charge on any atom is -0.496 e. The van der Waals surface area contributed by atoms with E-state index in [1.54, 1.807) is 36.9 Å². The molecule has 0 N–H and O–H groups in total. The van der Waals surface area contributed by atoms with Crippen molar-refractivity contribution in [2.45, 2.75) is 10.6 Å². The number of hydrogen-bond donors (Lipinski definition) is 0. The zero-order valence-electron chi connectivity index (χ0n) is 15.4. The molecule has 0 saturated heterocycles. The Morgan fingerprint density at radius 3 is 2.69 bits per heavy atom. The minimum absolute atomic E-state index is 0.155. The Hall–Kier alpha value is -3.28. The van der Waals surface area contributed by atoms with Crippen LogP contribution in [0.3, 0.4) is 0 Å². The topological polar surface area (TPSA) is 73.5 Å². The van der Waals surface area contributed by atoms with Crippen LogP contribution < -0.4 is 4.74 Å². The van der Waals surface area contributed by atoms with Crippen molar-refractivity contribution in [3.63, 3.8) is 0 Å². The highest BCUT2D eigenvalue weighted by Gasteiger charge is 2.20. The molecule has 4 aromatic rings. The van der Waals surface area contributed by atoms with Gasteiger partial charge < -0.3 is 4.74 Å². The van der Waals surface area contributed by atoms with Crippen LogP contribution in [0.5, 0.6) is 5.75 Å². The van der Waals surface area contributed by atoms with Crippen molar-refractivity contribution < 1.29 is 13.2 Å². The summed E-state index contributed by atoms with van der Waals surface area (Å²) < 4.78 is 31.1. The molecule has 0 aliphatic rings. The fourth-order valence-electron chi connectivity index (χ4n) is 3.11. The van der Waals surface area contributed by atoms with E-state index in [1.807, 2.05) is 24.3 Å². The highest BCUT2D eigenvalue weighted by molar-refractivity contribution is 7.90. The van der Waals surface area contributed by atoms with Gasteiger partial charge in [0, 0.05) is 23.3 Å². The van der Waals surface area contributed by atoms with Crippen LogP contribution >= 0.6 is 11.3 Å². The first-order chi connectivity index (χ1) is 14.0. The molecule has 0 fully saturated rings. The average molecular weight is 422 g/mol. The number of para-hydroxylation sites is 1. The summed E-state index contributed by atoms with van der Waals surface area (Å²) in [6.07, 6.45) is 3.05. The van der Waals surface area contributed by atoms with Gasteiger partial charge in [0.25, 0.3) is 0 Å². The number of ether oxygens (including phenoxy) is 1. The standard InChI is InChI=1S/C21H15N3O3S2/c1-22-18-12-24-21(16-5-3-4-6-19(16)27-2)15-8-7-14(11-17(15)18)29(25,26)13-20-23-9-10-28-20/h3-12H,13H2,2H3. The molecule has 0 unspecified atom stereocenters. The molecule has 0 saturated carbocycles. The van der Waals surface area contributed by atoms with E-state index in [0.717, 1.165) is 5.56 Å². The van der Waals surface area contributed by atoms with Gasteiger partial charge in [0.2, 0.25) is 5.69 Å². The van der Waals surface area contributed by atoms with Gasteiger partial charge >= 0.3 is 0 Å². The van der Waals surface area contributed by atoms with Gasteiger partial charge in [-0.05, 0) is 35.0 Å². The predicted molar refractivity (Wildman–Crippen MR) is 113 cm³/mol. The number of methoxy groups -OCH3 is 1. The van der Waals surface area contributed by atoms with E-state index in [2.05, 4.69) is 14.8 Å². The summed E-state index contributed by atoms with van der Waals surface area (Å²) in [7, 11) is -2.01. The molecule has 0 radical (unpaired) electrons. The van der Waals surface area contributed by atoms with Crippen molar-refractivity contribution in [2.24, 2.45) is 0 Å². The Balaban J connectivity index is 1.90. The molecule has 29 heavy (non-hydrogen) atoms. The van der Waals surface area contributed by atoms with Gasteiger partial charge in [-0.15, -0.1) is 11.3 Å². The number of aromatic nitrogens is 2. The molecule has 8 heteroatoms. The number of rotatable bonds is 5. The number of pyridine rings is 1. The van der Waals surface area contributed by atoms with Gasteiger partial charge in [0.1, 0.15) is 16.5 Å². The Labute approximate surface area is 172 Å². The first-order valence-electron chi connectivity index (χ1n) is 8.58. The second-order valence-corrected chi connectivity index (χ2v) is 9.17. The summed E-state index contributed by atoms with van der Waals surface area (Å²) in [5.74, 6) is 0.478. The summed E-state index contributed by atoms with van der Waals surface area (Å²) in [6, 6.07) is 12.3. The molecule has 0 atom stereocenters. The molecule has 4 rings (SSSR count). The van der Waals surface area contributed by atoms with Crippen molar-refractivity contribution in [2.75, 3.05) is 7.11 Å². The first-order valence-corrected chi connectivity index (χ1v) is 11.1. The average Bonchev–Trinajstić information content (AvgIpc) is 3.24. The molecule has 2 aromatic carbocycles. The molecule has 0 aliphatic carbocycles. The monoisotopic (exact) mass is 421 g/mol. The zero-order chi connectivity index (χ0) is 20.4. The van der Waals surface area contributed by atoms with Crippen LogP contribution in [0.2, 0.25) is 0 Å². The lowest BCUT2D eigenvalue weighted by molar-refractivity contribution is 0.416. The zero-order valence-corrected chi connectivity index (χ0v) is 17.0. The maximum atomic E-state index is 12.9. The van der Waals surface area contributed by atoms with E-state index in [-0.39, 0.29) is 10.6 Å². The van der Waals surface area contributed by atoms with E-state index in [1.165, 1.54) is 17.5 Å². The number of benzene rings is 2. The SMILES string of the molecule is [C-]#[N+]c1cnc(-c2ccccc2OC)c2ccc(S(=O)(=O)Cc3nccs3)cc12. The first kappa shape index (κ1) is 19.1. The van der Waals surface area contributed by atoms with E-state index in [4.69, 9.17) is 11.3 Å². The van der Waals surface area contributed by atoms with Gasteiger partial charge in [-0.3, -0.25) is 4.98 Å². The van der Waals surface area contributed by atoms with Crippen LogP contribution in [0.15, 0.2) is 65.1 Å². The summed E-state index contributed by atoms with van der Waals surface area (Å²) in [5, 5.41) is 3.50. The van der Waals surface area contributed by atoms with Gasteiger partial charge in [-0.2, -0.15) is 0 Å². The molecule has 6 nitrogen and oxygen atoms in total. The molecule has 0 spiro atoms. The number of hydrogen-bond acceptors (Lipinski definition) is 6. The lowest BCUT2D eigenvalue weighted by Gasteiger charge is -2.12. The van der Waals surface area contributed by atoms with Gasteiger partial charge in [0.05, 0.1) is 24.3 Å². The number of fused-ring (bicyclic) bond motifs is 1. The number of thiazole rings is 1. The smallest absolute Gasteiger partial charge is 0.212 e. The maximum Gasteiger partial charge on any atom is 0.212 e. The largest absolute Gasteiger partial charge is 0.496 e. The predicted octanol–water partition coefficient (Wildman–Crippen LogP) is 4.89.